The van der Waals surface area contributed by atoms with Gasteiger partial charge in [-0.15, -0.1) is 0 Å². The molecule has 248 valence electrons. The van der Waals surface area contributed by atoms with Crippen LogP contribution < -0.4 is 4.90 Å². The summed E-state index contributed by atoms with van der Waals surface area (Å²) in [6.45, 7) is 4.80. The molecule has 0 aliphatic heterocycles. The molecule has 4 fully saturated rings. The van der Waals surface area contributed by atoms with Crippen molar-refractivity contribution in [3.05, 3.63) is 156 Å². The van der Waals surface area contributed by atoms with Crippen molar-refractivity contribution in [2.75, 3.05) is 4.90 Å². The number of benzene rings is 5. The molecule has 5 aromatic carbocycles. The van der Waals surface area contributed by atoms with Crippen LogP contribution >= 0.6 is 0 Å². The second-order valence-corrected chi connectivity index (χ2v) is 16.8. The summed E-state index contributed by atoms with van der Waals surface area (Å²) in [6.07, 6.45) is 15.8. The number of anilines is 3. The van der Waals surface area contributed by atoms with E-state index in [2.05, 4.69) is 152 Å². The number of allylic oxidation sites excluding steroid dienone is 4. The first-order valence-electron chi connectivity index (χ1n) is 19.2. The van der Waals surface area contributed by atoms with Crippen LogP contribution in [0.3, 0.4) is 0 Å². The summed E-state index contributed by atoms with van der Waals surface area (Å²) < 4.78 is 0. The minimum atomic E-state index is -0.0126. The van der Waals surface area contributed by atoms with Gasteiger partial charge in [-0.1, -0.05) is 111 Å². The van der Waals surface area contributed by atoms with Crippen LogP contribution in [0.2, 0.25) is 0 Å². The highest BCUT2D eigenvalue weighted by molar-refractivity contribution is 5.87. The fourth-order valence-corrected chi connectivity index (χ4v) is 11.3. The lowest BCUT2D eigenvalue weighted by atomic mass is 9.48. The van der Waals surface area contributed by atoms with Crippen molar-refractivity contribution in [1.29, 1.82) is 0 Å². The van der Waals surface area contributed by atoms with E-state index < -0.39 is 0 Å². The summed E-state index contributed by atoms with van der Waals surface area (Å²) in [7, 11) is 0. The Hall–Kier alpha value is -4.62. The van der Waals surface area contributed by atoms with Crippen molar-refractivity contribution in [3.63, 3.8) is 0 Å². The Morgan fingerprint density at radius 3 is 1.86 bits per heavy atom. The summed E-state index contributed by atoms with van der Waals surface area (Å²) in [5.74, 6) is 2.92. The van der Waals surface area contributed by atoms with E-state index in [0.717, 1.165) is 30.6 Å². The SMILES string of the molecule is CC1(C)C2=C(CCC=C2)c2ccc(N(c3ccc(-c4ccc(C56CC7CC(CC(C7)C5)C6)cc4)cc3)c3cccc(-c4ccccc4)c3)cc21. The molecule has 50 heavy (non-hydrogen) atoms. The van der Waals surface area contributed by atoms with E-state index in [9.17, 15) is 0 Å². The molecule has 1 nitrogen and oxygen atoms in total. The lowest BCUT2D eigenvalue weighted by molar-refractivity contribution is -0.00518. The first-order chi connectivity index (χ1) is 24.4. The van der Waals surface area contributed by atoms with Crippen molar-refractivity contribution in [2.24, 2.45) is 17.8 Å². The molecule has 11 rings (SSSR count). The van der Waals surface area contributed by atoms with Gasteiger partial charge in [-0.05, 0) is 161 Å². The summed E-state index contributed by atoms with van der Waals surface area (Å²) in [6, 6.07) is 46.0. The predicted molar refractivity (Wildman–Crippen MR) is 210 cm³/mol. The lowest BCUT2D eigenvalue weighted by Gasteiger charge is -2.57. The van der Waals surface area contributed by atoms with Gasteiger partial charge in [0.15, 0.2) is 0 Å². The van der Waals surface area contributed by atoms with Crippen molar-refractivity contribution in [2.45, 2.75) is 76.0 Å². The molecule has 4 saturated carbocycles. The second kappa shape index (κ2) is 11.5. The highest BCUT2D eigenvalue weighted by Gasteiger charge is 2.51. The zero-order chi connectivity index (χ0) is 33.5. The Balaban J connectivity index is 1.01. The number of rotatable bonds is 6. The van der Waals surface area contributed by atoms with E-state index in [-0.39, 0.29) is 5.41 Å². The molecule has 0 atom stereocenters. The van der Waals surface area contributed by atoms with Crippen LogP contribution in [0.1, 0.15) is 81.9 Å². The maximum atomic E-state index is 2.48. The van der Waals surface area contributed by atoms with Gasteiger partial charge in [0.25, 0.3) is 0 Å². The topological polar surface area (TPSA) is 3.24 Å². The van der Waals surface area contributed by atoms with Gasteiger partial charge in [-0.2, -0.15) is 0 Å². The first-order valence-corrected chi connectivity index (χ1v) is 19.2. The molecule has 0 unspecified atom stereocenters. The molecule has 0 radical (unpaired) electrons. The van der Waals surface area contributed by atoms with E-state index in [0.29, 0.717) is 5.41 Å². The maximum absolute atomic E-state index is 2.48. The summed E-state index contributed by atoms with van der Waals surface area (Å²) in [4.78, 5) is 2.45. The molecule has 0 N–H and O–H groups in total. The van der Waals surface area contributed by atoms with Gasteiger partial charge in [0, 0.05) is 22.5 Å². The average molecular weight is 650 g/mol. The molecular formula is C49H47N. The standard InChI is InChI=1S/C49H47N/c1-48(2)46-14-7-6-13-44(46)45-24-23-43(29-47(45)48)50(42-12-8-11-39(28-42)36-9-4-3-5-10-36)41-21-17-38(18-22-41)37-15-19-40(20-16-37)49-30-33-25-34(31-49)27-35(26-33)32-49/h3-5,7-12,14-24,28-29,33-35H,6,13,25-27,30-32H2,1-2H3. The molecule has 6 aliphatic carbocycles. The van der Waals surface area contributed by atoms with E-state index >= 15 is 0 Å². The average Bonchev–Trinajstić information content (AvgIpc) is 3.38. The van der Waals surface area contributed by atoms with Gasteiger partial charge in [0.05, 0.1) is 0 Å². The summed E-state index contributed by atoms with van der Waals surface area (Å²) in [5, 5.41) is 0. The molecule has 0 spiro atoms. The monoisotopic (exact) mass is 649 g/mol. The van der Waals surface area contributed by atoms with Crippen molar-refractivity contribution in [1.82, 2.24) is 0 Å². The Labute approximate surface area is 298 Å². The zero-order valence-electron chi connectivity index (χ0n) is 29.5. The van der Waals surface area contributed by atoms with Gasteiger partial charge < -0.3 is 4.90 Å². The molecule has 6 aliphatic rings. The predicted octanol–water partition coefficient (Wildman–Crippen LogP) is 13.4. The molecule has 0 amide bonds. The number of nitrogens with zero attached hydrogens (tertiary/aromatic N) is 1. The second-order valence-electron chi connectivity index (χ2n) is 16.8. The molecule has 0 heterocycles. The summed E-state index contributed by atoms with van der Waals surface area (Å²) >= 11 is 0. The molecule has 1 heteroatoms. The fraction of sp³-hybridized carbons (Fsp3) is 0.306. The Morgan fingerprint density at radius 2 is 1.16 bits per heavy atom. The van der Waals surface area contributed by atoms with Crippen LogP contribution in [-0.2, 0) is 10.8 Å². The normalized spacial score (nSPS) is 25.4. The van der Waals surface area contributed by atoms with Crippen LogP contribution in [0.5, 0.6) is 0 Å². The van der Waals surface area contributed by atoms with Gasteiger partial charge in [0.2, 0.25) is 0 Å². The lowest BCUT2D eigenvalue weighted by Crippen LogP contribution is -2.48. The van der Waals surface area contributed by atoms with E-state index in [1.807, 2.05) is 0 Å². The van der Waals surface area contributed by atoms with E-state index in [1.54, 1.807) is 5.56 Å². The molecule has 0 aromatic heterocycles. The molecule has 4 bridgehead atoms. The van der Waals surface area contributed by atoms with Gasteiger partial charge in [0.1, 0.15) is 0 Å². The third kappa shape index (κ3) is 4.88. The highest BCUT2D eigenvalue weighted by Crippen LogP contribution is 2.61. The van der Waals surface area contributed by atoms with Gasteiger partial charge >= 0.3 is 0 Å². The molecule has 5 aromatic rings. The van der Waals surface area contributed by atoms with E-state index in [4.69, 9.17) is 0 Å². The van der Waals surface area contributed by atoms with Crippen LogP contribution in [0.15, 0.2) is 139 Å². The smallest absolute Gasteiger partial charge is 0.0467 e. The number of hydrogen-bond donors (Lipinski definition) is 0. The van der Waals surface area contributed by atoms with Crippen LogP contribution in [0.25, 0.3) is 27.8 Å². The number of fused-ring (bicyclic) bond motifs is 2. The Bertz CT molecular complexity index is 2110. The third-order valence-corrected chi connectivity index (χ3v) is 13.3. The van der Waals surface area contributed by atoms with Crippen molar-refractivity contribution < 1.29 is 0 Å². The minimum Gasteiger partial charge on any atom is -0.310 e. The number of hydrogen-bond acceptors (Lipinski definition) is 1. The molecule has 0 saturated heterocycles. The molecular weight excluding hydrogens is 603 g/mol. The highest BCUT2D eigenvalue weighted by atomic mass is 15.1. The van der Waals surface area contributed by atoms with Gasteiger partial charge in [-0.3, -0.25) is 0 Å². The Kier molecular flexibility index (Phi) is 6.93. The van der Waals surface area contributed by atoms with Crippen molar-refractivity contribution >= 4 is 22.6 Å². The zero-order valence-corrected chi connectivity index (χ0v) is 29.5. The van der Waals surface area contributed by atoms with Crippen LogP contribution in [-0.4, -0.2) is 0 Å². The largest absolute Gasteiger partial charge is 0.310 e. The van der Waals surface area contributed by atoms with Crippen LogP contribution in [0, 0.1) is 17.8 Å². The Morgan fingerprint density at radius 1 is 0.560 bits per heavy atom. The van der Waals surface area contributed by atoms with Gasteiger partial charge in [-0.25, -0.2) is 0 Å². The summed E-state index contributed by atoms with van der Waals surface area (Å²) in [5.41, 5.74) is 16.6. The third-order valence-electron chi connectivity index (χ3n) is 13.3. The maximum Gasteiger partial charge on any atom is 0.0467 e. The first kappa shape index (κ1) is 30.2. The minimum absolute atomic E-state index is 0.0126. The quantitative estimate of drug-likeness (QED) is 0.177. The van der Waals surface area contributed by atoms with Crippen molar-refractivity contribution in [3.8, 4) is 22.3 Å². The van der Waals surface area contributed by atoms with E-state index in [1.165, 1.54) is 100 Å². The fourth-order valence-electron chi connectivity index (χ4n) is 11.3. The van der Waals surface area contributed by atoms with Crippen LogP contribution in [0.4, 0.5) is 17.1 Å².